The fourth-order valence-corrected chi connectivity index (χ4v) is 4.81. The van der Waals surface area contributed by atoms with Gasteiger partial charge in [0.15, 0.2) is 6.10 Å². The van der Waals surface area contributed by atoms with Crippen LogP contribution >= 0.6 is 15.9 Å². The number of nitrogens with zero attached hydrogens (tertiary/aromatic N) is 1. The maximum Gasteiger partial charge on any atom is 0.338 e. The summed E-state index contributed by atoms with van der Waals surface area (Å²) in [5, 5.41) is 4.42. The maximum absolute atomic E-state index is 12.9. The predicted molar refractivity (Wildman–Crippen MR) is 106 cm³/mol. The van der Waals surface area contributed by atoms with E-state index in [9.17, 15) is 22.8 Å². The highest BCUT2D eigenvalue weighted by molar-refractivity contribution is 9.10. The fourth-order valence-electron chi connectivity index (χ4n) is 2.45. The lowest BCUT2D eigenvalue weighted by Crippen LogP contribution is -2.44. The highest BCUT2D eigenvalue weighted by atomic mass is 79.9. The second-order valence-electron chi connectivity index (χ2n) is 6.06. The van der Waals surface area contributed by atoms with E-state index in [1.807, 2.05) is 5.32 Å². The number of carbonyl (C=O) groups is 3. The summed E-state index contributed by atoms with van der Waals surface area (Å²) in [5.41, 5.74) is -0.0438. The van der Waals surface area contributed by atoms with Crippen LogP contribution in [0.2, 0.25) is 0 Å². The van der Waals surface area contributed by atoms with E-state index in [4.69, 9.17) is 9.47 Å². The van der Waals surface area contributed by atoms with Crippen molar-refractivity contribution in [2.45, 2.75) is 24.8 Å². The van der Waals surface area contributed by atoms with Crippen molar-refractivity contribution in [1.29, 1.82) is 0 Å². The Balaban J connectivity index is 2.14. The number of urea groups is 1. The SMILES string of the molecule is CCNC(=O)NC(=O)C(C)OC(=O)c1ccc(Br)c(S(=O)(=O)N2CCOCC2)c1. The van der Waals surface area contributed by atoms with Gasteiger partial charge in [-0.15, -0.1) is 0 Å². The van der Waals surface area contributed by atoms with Crippen LogP contribution in [0, 0.1) is 0 Å². The van der Waals surface area contributed by atoms with Gasteiger partial charge in [-0.05, 0) is 48.0 Å². The minimum absolute atomic E-state index is 0.0438. The van der Waals surface area contributed by atoms with Gasteiger partial charge in [-0.25, -0.2) is 18.0 Å². The summed E-state index contributed by atoms with van der Waals surface area (Å²) in [7, 11) is -3.85. The average Bonchev–Trinajstić information content (AvgIpc) is 2.68. The van der Waals surface area contributed by atoms with Crippen molar-refractivity contribution >= 4 is 43.9 Å². The van der Waals surface area contributed by atoms with Crippen LogP contribution in [0.3, 0.4) is 0 Å². The van der Waals surface area contributed by atoms with E-state index in [1.54, 1.807) is 6.92 Å². The van der Waals surface area contributed by atoms with Crippen molar-refractivity contribution in [1.82, 2.24) is 14.9 Å². The minimum Gasteiger partial charge on any atom is -0.449 e. The highest BCUT2D eigenvalue weighted by Crippen LogP contribution is 2.27. The van der Waals surface area contributed by atoms with Gasteiger partial charge in [0.1, 0.15) is 0 Å². The Morgan fingerprint density at radius 1 is 1.28 bits per heavy atom. The topological polar surface area (TPSA) is 131 Å². The number of hydrogen-bond acceptors (Lipinski definition) is 7. The fraction of sp³-hybridized carbons (Fsp3) is 0.471. The first-order valence-corrected chi connectivity index (χ1v) is 11.1. The number of halogens is 1. The number of imide groups is 1. The number of ether oxygens (including phenoxy) is 2. The lowest BCUT2D eigenvalue weighted by atomic mass is 10.2. The minimum atomic E-state index is -3.85. The van der Waals surface area contributed by atoms with Crippen LogP contribution in [0.15, 0.2) is 27.6 Å². The Bertz CT molecular complexity index is 885. The molecule has 0 aromatic heterocycles. The number of esters is 1. The molecule has 1 aliphatic heterocycles. The summed E-state index contributed by atoms with van der Waals surface area (Å²) < 4.78 is 37.5. The van der Waals surface area contributed by atoms with Crippen LogP contribution in [0.5, 0.6) is 0 Å². The van der Waals surface area contributed by atoms with E-state index in [0.717, 1.165) is 0 Å². The van der Waals surface area contributed by atoms with Crippen molar-refractivity contribution in [3.63, 3.8) is 0 Å². The summed E-state index contributed by atoms with van der Waals surface area (Å²) in [6.07, 6.45) is -1.26. The Labute approximate surface area is 177 Å². The molecule has 0 saturated carbocycles. The third-order valence-electron chi connectivity index (χ3n) is 3.98. The molecule has 0 spiro atoms. The summed E-state index contributed by atoms with van der Waals surface area (Å²) in [4.78, 5) is 35.6. The summed E-state index contributed by atoms with van der Waals surface area (Å²) in [6.45, 7) is 4.31. The van der Waals surface area contributed by atoms with Crippen LogP contribution < -0.4 is 10.6 Å². The molecule has 1 fully saturated rings. The highest BCUT2D eigenvalue weighted by Gasteiger charge is 2.29. The van der Waals surface area contributed by atoms with Crippen LogP contribution in [-0.4, -0.2) is 69.6 Å². The number of amides is 3. The van der Waals surface area contributed by atoms with Gasteiger partial charge in [-0.1, -0.05) is 0 Å². The van der Waals surface area contributed by atoms with Crippen molar-refractivity contribution in [3.05, 3.63) is 28.2 Å². The van der Waals surface area contributed by atoms with E-state index in [-0.39, 0.29) is 36.8 Å². The largest absolute Gasteiger partial charge is 0.449 e. The maximum atomic E-state index is 12.9. The molecule has 3 amide bonds. The van der Waals surface area contributed by atoms with E-state index >= 15 is 0 Å². The average molecular weight is 492 g/mol. The summed E-state index contributed by atoms with van der Waals surface area (Å²) in [5.74, 6) is -1.70. The standard InChI is InChI=1S/C17H22BrN3O7S/c1-3-19-17(24)20-15(22)11(2)28-16(23)12-4-5-13(18)14(10-12)29(25,26)21-6-8-27-9-7-21/h4-5,10-11H,3,6-9H2,1-2H3,(H2,19,20,22,24). The molecule has 1 unspecified atom stereocenters. The second-order valence-corrected chi connectivity index (χ2v) is 8.82. The van der Waals surface area contributed by atoms with Crippen molar-refractivity contribution in [2.75, 3.05) is 32.8 Å². The zero-order valence-corrected chi connectivity index (χ0v) is 18.3. The number of nitrogens with one attached hydrogen (secondary N) is 2. The van der Waals surface area contributed by atoms with E-state index in [2.05, 4.69) is 21.2 Å². The number of sulfonamides is 1. The monoisotopic (exact) mass is 491 g/mol. The molecule has 1 heterocycles. The lowest BCUT2D eigenvalue weighted by molar-refractivity contribution is -0.127. The number of benzene rings is 1. The van der Waals surface area contributed by atoms with Crippen LogP contribution in [-0.2, 0) is 24.3 Å². The molecule has 1 atom stereocenters. The molecule has 1 aliphatic rings. The second kappa shape index (κ2) is 10.1. The molecule has 1 aromatic carbocycles. The Morgan fingerprint density at radius 2 is 1.93 bits per heavy atom. The van der Waals surface area contributed by atoms with Gasteiger partial charge in [0, 0.05) is 24.1 Å². The van der Waals surface area contributed by atoms with Gasteiger partial charge in [0.05, 0.1) is 23.7 Å². The predicted octanol–water partition coefficient (Wildman–Crippen LogP) is 0.861. The van der Waals surface area contributed by atoms with Gasteiger partial charge in [0.2, 0.25) is 10.0 Å². The van der Waals surface area contributed by atoms with Crippen molar-refractivity contribution < 1.29 is 32.3 Å². The Kier molecular flexibility index (Phi) is 8.14. The van der Waals surface area contributed by atoms with E-state index in [0.29, 0.717) is 11.0 Å². The van der Waals surface area contributed by atoms with Crippen molar-refractivity contribution in [3.8, 4) is 0 Å². The molecule has 0 radical (unpaired) electrons. The van der Waals surface area contributed by atoms with Gasteiger partial charge < -0.3 is 14.8 Å². The molecule has 0 aliphatic carbocycles. The molecule has 1 saturated heterocycles. The molecule has 1 aromatic rings. The number of rotatable bonds is 6. The van der Waals surface area contributed by atoms with Crippen LogP contribution in [0.1, 0.15) is 24.2 Å². The Morgan fingerprint density at radius 3 is 2.55 bits per heavy atom. The van der Waals surface area contributed by atoms with Crippen LogP contribution in [0.25, 0.3) is 0 Å². The molecule has 2 rings (SSSR count). The first-order chi connectivity index (χ1) is 13.7. The molecule has 0 bridgehead atoms. The summed E-state index contributed by atoms with van der Waals surface area (Å²) >= 11 is 3.20. The van der Waals surface area contributed by atoms with Crippen molar-refractivity contribution in [2.24, 2.45) is 0 Å². The molecule has 160 valence electrons. The third-order valence-corrected chi connectivity index (χ3v) is 6.87. The first kappa shape index (κ1) is 23.3. The third kappa shape index (κ3) is 5.98. The molecule has 10 nitrogen and oxygen atoms in total. The zero-order chi connectivity index (χ0) is 21.6. The van der Waals surface area contributed by atoms with Gasteiger partial charge >= 0.3 is 12.0 Å². The molecule has 2 N–H and O–H groups in total. The van der Waals surface area contributed by atoms with E-state index in [1.165, 1.54) is 29.4 Å². The normalized spacial score (nSPS) is 16.0. The summed E-state index contributed by atoms with van der Waals surface area (Å²) in [6, 6.07) is 3.27. The number of carbonyl (C=O) groups excluding carboxylic acids is 3. The zero-order valence-electron chi connectivity index (χ0n) is 15.9. The van der Waals surface area contributed by atoms with Gasteiger partial charge in [-0.3, -0.25) is 10.1 Å². The molecule has 29 heavy (non-hydrogen) atoms. The Hall–Kier alpha value is -2.02. The van der Waals surface area contributed by atoms with Crippen LogP contribution in [0.4, 0.5) is 4.79 Å². The lowest BCUT2D eigenvalue weighted by Gasteiger charge is -2.26. The molecular formula is C17H22BrN3O7S. The first-order valence-electron chi connectivity index (χ1n) is 8.84. The number of hydrogen-bond donors (Lipinski definition) is 2. The quantitative estimate of drug-likeness (QED) is 0.564. The van der Waals surface area contributed by atoms with Gasteiger partial charge in [-0.2, -0.15) is 4.31 Å². The van der Waals surface area contributed by atoms with E-state index < -0.39 is 34.0 Å². The van der Waals surface area contributed by atoms with Gasteiger partial charge in [0.25, 0.3) is 5.91 Å². The molecule has 12 heteroatoms. The molecular weight excluding hydrogens is 470 g/mol. The smallest absolute Gasteiger partial charge is 0.338 e. The number of morpholine rings is 1.